The van der Waals surface area contributed by atoms with Crippen molar-refractivity contribution in [2.24, 2.45) is 5.92 Å². The number of carbonyl (C=O) groups is 2. The Bertz CT molecular complexity index is 657. The monoisotopic (exact) mass is 303 g/mol. The molecule has 21 heavy (non-hydrogen) atoms. The largest absolute Gasteiger partial charge is 0.453 e. The fourth-order valence-corrected chi connectivity index (χ4v) is 3.69. The Kier molecular flexibility index (Phi) is 3.92. The van der Waals surface area contributed by atoms with E-state index in [4.69, 9.17) is 4.74 Å². The lowest BCUT2D eigenvalue weighted by Gasteiger charge is -2.16. The van der Waals surface area contributed by atoms with E-state index < -0.39 is 5.97 Å². The van der Waals surface area contributed by atoms with Crippen LogP contribution in [-0.4, -0.2) is 23.3 Å². The van der Waals surface area contributed by atoms with E-state index in [1.807, 2.05) is 6.07 Å². The van der Waals surface area contributed by atoms with Gasteiger partial charge in [-0.25, -0.2) is 4.79 Å². The van der Waals surface area contributed by atoms with Gasteiger partial charge in [0.25, 0.3) is 0 Å². The summed E-state index contributed by atoms with van der Waals surface area (Å²) in [6, 6.07) is 5.34. The summed E-state index contributed by atoms with van der Waals surface area (Å²) >= 11 is 1.50. The van der Waals surface area contributed by atoms with Crippen LogP contribution in [0.2, 0.25) is 0 Å². The van der Waals surface area contributed by atoms with Crippen molar-refractivity contribution in [3.05, 3.63) is 45.4 Å². The molecule has 110 valence electrons. The third-order valence-corrected chi connectivity index (χ3v) is 4.98. The minimum atomic E-state index is -0.401. The van der Waals surface area contributed by atoms with Crippen LogP contribution in [0.3, 0.4) is 0 Å². The van der Waals surface area contributed by atoms with Gasteiger partial charge in [0.15, 0.2) is 6.61 Å². The van der Waals surface area contributed by atoms with Crippen molar-refractivity contribution in [1.82, 2.24) is 4.98 Å². The smallest absolute Gasteiger partial charge is 0.348 e. The summed E-state index contributed by atoms with van der Waals surface area (Å²) in [4.78, 5) is 28.5. The fourth-order valence-electron chi connectivity index (χ4n) is 2.59. The van der Waals surface area contributed by atoms with Gasteiger partial charge in [0.2, 0.25) is 5.78 Å². The van der Waals surface area contributed by atoms with Gasteiger partial charge in [0.1, 0.15) is 4.88 Å². The van der Waals surface area contributed by atoms with Gasteiger partial charge in [-0.05, 0) is 48.9 Å². The van der Waals surface area contributed by atoms with Crippen molar-refractivity contribution in [2.45, 2.75) is 26.2 Å². The van der Waals surface area contributed by atoms with Crippen LogP contribution in [0.1, 0.15) is 43.9 Å². The van der Waals surface area contributed by atoms with Gasteiger partial charge in [-0.3, -0.25) is 4.79 Å². The van der Waals surface area contributed by atoms with Gasteiger partial charge in [0, 0.05) is 11.1 Å². The van der Waals surface area contributed by atoms with Gasteiger partial charge < -0.3 is 9.72 Å². The lowest BCUT2D eigenvalue weighted by atomic mass is 9.90. The highest BCUT2D eigenvalue weighted by atomic mass is 32.1. The average Bonchev–Trinajstić information content (AvgIpc) is 3.12. The molecule has 0 amide bonds. The summed E-state index contributed by atoms with van der Waals surface area (Å²) in [7, 11) is 0. The first-order valence-electron chi connectivity index (χ1n) is 7.09. The Hall–Kier alpha value is -1.88. The maximum absolute atomic E-state index is 12.0. The number of carbonyl (C=O) groups excluding carboxylic acids is 2. The molecule has 3 rings (SSSR count). The number of esters is 1. The molecule has 0 saturated heterocycles. The van der Waals surface area contributed by atoms with Crippen molar-refractivity contribution in [2.75, 3.05) is 6.61 Å². The zero-order valence-corrected chi connectivity index (χ0v) is 12.7. The van der Waals surface area contributed by atoms with E-state index in [1.165, 1.54) is 28.2 Å². The molecule has 0 saturated carbocycles. The third kappa shape index (κ3) is 3.08. The number of aromatic nitrogens is 1. The number of rotatable bonds is 4. The highest BCUT2D eigenvalue weighted by Gasteiger charge is 2.21. The average molecular weight is 303 g/mol. The molecule has 1 atom stereocenters. The number of hydrogen-bond donors (Lipinski definition) is 1. The van der Waals surface area contributed by atoms with Crippen LogP contribution in [0, 0.1) is 5.92 Å². The summed E-state index contributed by atoms with van der Waals surface area (Å²) in [5, 5.41) is 0. The maximum Gasteiger partial charge on any atom is 0.348 e. The second-order valence-corrected chi connectivity index (χ2v) is 6.63. The van der Waals surface area contributed by atoms with E-state index in [0.717, 1.165) is 12.8 Å². The van der Waals surface area contributed by atoms with E-state index in [0.29, 0.717) is 16.5 Å². The number of H-pyrrole nitrogens is 1. The second kappa shape index (κ2) is 5.85. The summed E-state index contributed by atoms with van der Waals surface area (Å²) in [5.74, 6) is 0.0516. The van der Waals surface area contributed by atoms with Crippen LogP contribution in [0.15, 0.2) is 24.4 Å². The standard InChI is InChI=1S/C16H17NO3S/c1-10-4-5-14-11(7-10)8-15(21-14)16(19)20-9-13(18)12-3-2-6-17-12/h2-3,6,8,10,17H,4-5,7,9H2,1H3. The van der Waals surface area contributed by atoms with E-state index >= 15 is 0 Å². The van der Waals surface area contributed by atoms with Crippen molar-refractivity contribution in [3.8, 4) is 0 Å². The van der Waals surface area contributed by atoms with Gasteiger partial charge in [-0.1, -0.05) is 6.92 Å². The van der Waals surface area contributed by atoms with Crippen LogP contribution in [0.4, 0.5) is 0 Å². The molecule has 0 spiro atoms. The quantitative estimate of drug-likeness (QED) is 0.697. The molecule has 1 aliphatic carbocycles. The maximum atomic E-state index is 12.0. The van der Waals surface area contributed by atoms with Crippen LogP contribution < -0.4 is 0 Å². The molecule has 0 bridgehead atoms. The van der Waals surface area contributed by atoms with Gasteiger partial charge in [0.05, 0.1) is 5.69 Å². The number of ether oxygens (including phenoxy) is 1. The molecular weight excluding hydrogens is 286 g/mol. The Labute approximate surface area is 127 Å². The molecule has 2 aromatic rings. The summed E-state index contributed by atoms with van der Waals surface area (Å²) in [5.41, 5.74) is 1.73. The molecule has 0 aromatic carbocycles. The van der Waals surface area contributed by atoms with Crippen molar-refractivity contribution < 1.29 is 14.3 Å². The van der Waals surface area contributed by atoms with E-state index in [-0.39, 0.29) is 12.4 Å². The zero-order valence-electron chi connectivity index (χ0n) is 11.8. The molecule has 2 heterocycles. The van der Waals surface area contributed by atoms with Crippen molar-refractivity contribution in [3.63, 3.8) is 0 Å². The summed E-state index contributed by atoms with van der Waals surface area (Å²) < 4.78 is 5.12. The normalized spacial score (nSPS) is 17.3. The summed E-state index contributed by atoms with van der Waals surface area (Å²) in [6.45, 7) is 2.01. The number of aromatic amines is 1. The number of ketones is 1. The number of aryl methyl sites for hydroxylation is 1. The molecule has 0 radical (unpaired) electrons. The molecule has 2 aromatic heterocycles. The number of hydrogen-bond acceptors (Lipinski definition) is 4. The highest BCUT2D eigenvalue weighted by Crippen LogP contribution is 2.32. The minimum Gasteiger partial charge on any atom is -0.453 e. The topological polar surface area (TPSA) is 59.2 Å². The Morgan fingerprint density at radius 3 is 3.10 bits per heavy atom. The van der Waals surface area contributed by atoms with Crippen LogP contribution in [-0.2, 0) is 17.6 Å². The Balaban J connectivity index is 1.62. The lowest BCUT2D eigenvalue weighted by molar-refractivity contribution is 0.0478. The molecule has 4 nitrogen and oxygen atoms in total. The number of fused-ring (bicyclic) bond motifs is 1. The van der Waals surface area contributed by atoms with Crippen molar-refractivity contribution in [1.29, 1.82) is 0 Å². The fraction of sp³-hybridized carbons (Fsp3) is 0.375. The van der Waals surface area contributed by atoms with Crippen LogP contribution in [0.25, 0.3) is 0 Å². The predicted octanol–water partition coefficient (Wildman–Crippen LogP) is 3.24. The first-order valence-corrected chi connectivity index (χ1v) is 7.90. The van der Waals surface area contributed by atoms with Crippen LogP contribution in [0.5, 0.6) is 0 Å². The first kappa shape index (κ1) is 14.1. The third-order valence-electron chi connectivity index (χ3n) is 3.76. The molecule has 1 aliphatic rings. The molecule has 0 fully saturated rings. The molecule has 0 aliphatic heterocycles. The molecule has 1 unspecified atom stereocenters. The predicted molar refractivity (Wildman–Crippen MR) is 80.9 cm³/mol. The molecular formula is C16H17NO3S. The van der Waals surface area contributed by atoms with Gasteiger partial charge in [-0.2, -0.15) is 0 Å². The molecule has 5 heteroatoms. The number of thiophene rings is 1. The number of Topliss-reactive ketones (excluding diaryl/α,β-unsaturated/α-hetero) is 1. The highest BCUT2D eigenvalue weighted by molar-refractivity contribution is 7.14. The van der Waals surface area contributed by atoms with E-state index in [9.17, 15) is 9.59 Å². The van der Waals surface area contributed by atoms with E-state index in [2.05, 4.69) is 11.9 Å². The van der Waals surface area contributed by atoms with Gasteiger partial charge >= 0.3 is 5.97 Å². The molecule has 1 N–H and O–H groups in total. The van der Waals surface area contributed by atoms with Crippen molar-refractivity contribution >= 4 is 23.1 Å². The van der Waals surface area contributed by atoms with Gasteiger partial charge in [-0.15, -0.1) is 11.3 Å². The Morgan fingerprint density at radius 2 is 2.33 bits per heavy atom. The second-order valence-electron chi connectivity index (χ2n) is 5.49. The number of nitrogens with one attached hydrogen (secondary N) is 1. The minimum absolute atomic E-state index is 0.219. The van der Waals surface area contributed by atoms with Crippen LogP contribution >= 0.6 is 11.3 Å². The summed E-state index contributed by atoms with van der Waals surface area (Å²) in [6.07, 6.45) is 4.91. The SMILES string of the molecule is CC1CCc2sc(C(=O)OCC(=O)c3ccc[nH]3)cc2C1. The lowest BCUT2D eigenvalue weighted by Crippen LogP contribution is -2.13. The first-order chi connectivity index (χ1) is 10.1. The zero-order chi connectivity index (χ0) is 14.8. The van der Waals surface area contributed by atoms with E-state index in [1.54, 1.807) is 18.3 Å². The Morgan fingerprint density at radius 1 is 1.48 bits per heavy atom.